The predicted molar refractivity (Wildman–Crippen MR) is 171 cm³/mol. The van der Waals surface area contributed by atoms with Crippen molar-refractivity contribution in [2.75, 3.05) is 32.2 Å². The van der Waals surface area contributed by atoms with Crippen LogP contribution in [-0.4, -0.2) is 80.7 Å². The fraction of sp³-hybridized carbons (Fsp3) is 0.185. The van der Waals surface area contributed by atoms with Crippen LogP contribution in [0.3, 0.4) is 0 Å². The number of nitrogens with zero attached hydrogens (tertiary/aromatic N) is 4. The van der Waals surface area contributed by atoms with Crippen molar-refractivity contribution in [2.24, 2.45) is 20.5 Å². The van der Waals surface area contributed by atoms with Gasteiger partial charge < -0.3 is 30.5 Å². The Bertz CT molecular complexity index is 2330. The minimum absolute atomic E-state index is 0.139. The number of aliphatic hydroxyl groups is 2. The molecule has 0 aliphatic rings. The largest absolute Gasteiger partial charge is 0.505 e. The first-order chi connectivity index (χ1) is 22.8. The molecule has 0 aromatic heterocycles. The fourth-order valence-corrected chi connectivity index (χ4v) is 6.27. The van der Waals surface area contributed by atoms with Crippen molar-refractivity contribution in [1.29, 1.82) is 0 Å². The summed E-state index contributed by atoms with van der Waals surface area (Å²) in [4.78, 5) is -2.37. The molecular weight excluding hydrogens is 715 g/mol. The minimum atomic E-state index is -5.17. The van der Waals surface area contributed by atoms with Crippen LogP contribution in [0.1, 0.15) is 5.56 Å². The smallest absolute Gasteiger partial charge is 0.296 e. The normalized spacial score (nSPS) is 12.7. The third-order valence-electron chi connectivity index (χ3n) is 6.39. The molecule has 0 unspecified atom stereocenters. The number of phenolic OH excluding ortho intramolecular Hbond substituents is 1. The predicted octanol–water partition coefficient (Wildman–Crippen LogP) is 3.75. The molecule has 0 fully saturated rings. The molecule has 4 rings (SSSR count). The zero-order chi connectivity index (χ0) is 36.3. The van der Waals surface area contributed by atoms with Gasteiger partial charge in [0.2, 0.25) is 0 Å². The highest BCUT2D eigenvalue weighted by atomic mass is 32.2. The van der Waals surface area contributed by atoms with Crippen molar-refractivity contribution in [3.05, 3.63) is 54.1 Å². The number of phenols is 1. The molecular formula is C27H27N5O14S3. The Morgan fingerprint density at radius 1 is 0.653 bits per heavy atom. The molecule has 8 N–H and O–H groups in total. The van der Waals surface area contributed by atoms with Gasteiger partial charge in [0.15, 0.2) is 5.75 Å². The molecule has 4 aromatic carbocycles. The molecule has 0 amide bonds. The molecule has 262 valence electrons. The van der Waals surface area contributed by atoms with Crippen LogP contribution >= 0.6 is 0 Å². The van der Waals surface area contributed by atoms with E-state index in [1.807, 2.05) is 0 Å². The summed E-state index contributed by atoms with van der Waals surface area (Å²) in [6.45, 7) is -0.0231. The van der Waals surface area contributed by atoms with Crippen LogP contribution in [0.4, 0.5) is 28.4 Å². The maximum absolute atomic E-state index is 12.3. The molecule has 0 bridgehead atoms. The van der Waals surface area contributed by atoms with Gasteiger partial charge in [0.1, 0.15) is 62.1 Å². The Morgan fingerprint density at radius 3 is 1.65 bits per heavy atom. The number of ether oxygens (including phenoxy) is 2. The van der Waals surface area contributed by atoms with Gasteiger partial charge in [-0.2, -0.15) is 25.3 Å². The maximum Gasteiger partial charge on any atom is 0.296 e. The number of azo groups is 2. The van der Waals surface area contributed by atoms with E-state index in [1.54, 1.807) is 6.92 Å². The summed E-state index contributed by atoms with van der Waals surface area (Å²) in [6, 6.07) is 8.67. The third-order valence-corrected chi connectivity index (χ3v) is 9.05. The molecule has 0 spiro atoms. The summed E-state index contributed by atoms with van der Waals surface area (Å²) in [6.07, 6.45) is 0. The number of aromatic hydroxyl groups is 1. The molecule has 0 saturated carbocycles. The van der Waals surface area contributed by atoms with E-state index in [9.17, 15) is 54.2 Å². The lowest BCUT2D eigenvalue weighted by atomic mass is 10.1. The van der Waals surface area contributed by atoms with E-state index in [1.165, 1.54) is 12.1 Å². The number of anilines is 1. The van der Waals surface area contributed by atoms with E-state index >= 15 is 0 Å². The zero-order valence-electron chi connectivity index (χ0n) is 25.0. The van der Waals surface area contributed by atoms with Crippen LogP contribution in [0, 0.1) is 6.92 Å². The van der Waals surface area contributed by atoms with Crippen LogP contribution < -0.4 is 15.2 Å². The molecule has 4 aromatic rings. The number of aliphatic hydroxyl groups excluding tert-OH is 2. The quantitative estimate of drug-likeness (QED) is 0.0583. The van der Waals surface area contributed by atoms with Gasteiger partial charge in [0.25, 0.3) is 30.4 Å². The lowest BCUT2D eigenvalue weighted by Crippen LogP contribution is -2.04. The molecule has 0 atom stereocenters. The van der Waals surface area contributed by atoms with Crippen molar-refractivity contribution in [1.82, 2.24) is 0 Å². The first-order valence-electron chi connectivity index (χ1n) is 13.5. The fourth-order valence-electron chi connectivity index (χ4n) is 4.27. The Hall–Kier alpha value is -4.81. The van der Waals surface area contributed by atoms with E-state index in [0.717, 1.165) is 36.4 Å². The van der Waals surface area contributed by atoms with Gasteiger partial charge >= 0.3 is 0 Å². The number of nitrogens with two attached hydrogens (primary N) is 1. The molecule has 22 heteroatoms. The topological polar surface area (TPSA) is 318 Å². The number of benzene rings is 4. The molecule has 0 saturated heterocycles. The van der Waals surface area contributed by atoms with E-state index in [-0.39, 0.29) is 52.5 Å². The summed E-state index contributed by atoms with van der Waals surface area (Å²) in [5, 5.41) is 44.8. The van der Waals surface area contributed by atoms with Crippen LogP contribution in [0.5, 0.6) is 17.2 Å². The summed E-state index contributed by atoms with van der Waals surface area (Å²) in [7, 11) is -14.8. The Balaban J connectivity index is 1.92. The van der Waals surface area contributed by atoms with E-state index < -0.39 is 75.4 Å². The Labute approximate surface area is 278 Å². The second-order valence-corrected chi connectivity index (χ2v) is 14.1. The third kappa shape index (κ3) is 8.62. The SMILES string of the molecule is Cc1ccc(N=Nc2cc(OCCO)c(N=Nc3c(S(=O)(=O)O)cc4cc(S(=O)(=O)O)c(N)cc4c3O)cc2OCCO)c(S(=O)(=O)O)c1. The Kier molecular flexibility index (Phi) is 10.8. The van der Waals surface area contributed by atoms with Crippen molar-refractivity contribution in [3.63, 3.8) is 0 Å². The minimum Gasteiger partial charge on any atom is -0.505 e. The average molecular weight is 742 g/mol. The van der Waals surface area contributed by atoms with Gasteiger partial charge in [-0.15, -0.1) is 20.5 Å². The van der Waals surface area contributed by atoms with E-state index in [4.69, 9.17) is 15.2 Å². The maximum atomic E-state index is 12.3. The number of nitrogen functional groups attached to an aromatic ring is 1. The highest BCUT2D eigenvalue weighted by molar-refractivity contribution is 7.86. The lowest BCUT2D eigenvalue weighted by molar-refractivity contribution is 0.198. The van der Waals surface area contributed by atoms with Crippen molar-refractivity contribution in [2.45, 2.75) is 21.6 Å². The average Bonchev–Trinajstić information content (AvgIpc) is 3.00. The first kappa shape index (κ1) is 37.0. The number of hydrogen-bond acceptors (Lipinski definition) is 16. The molecule has 0 aliphatic carbocycles. The number of fused-ring (bicyclic) bond motifs is 1. The number of rotatable bonds is 13. The van der Waals surface area contributed by atoms with Crippen LogP contribution in [0.25, 0.3) is 10.8 Å². The standard InChI is InChI=1S/C27H27N5O14S3/c1-14-2-3-18(24(8-14)48(39,40)41)29-30-19-12-22(46-7-5-34)20(13-21(19)45-6-4-33)31-32-26-25(49(42,43)44)10-15-9-23(47(36,37)38)17(28)11-16(15)27(26)35/h2-3,8-13,33-35H,4-7,28H2,1H3,(H,36,37,38)(H,39,40,41)(H,42,43,44). The monoisotopic (exact) mass is 741 g/mol. The summed E-state index contributed by atoms with van der Waals surface area (Å²) >= 11 is 0. The van der Waals surface area contributed by atoms with Gasteiger partial charge in [0.05, 0.1) is 18.9 Å². The van der Waals surface area contributed by atoms with Crippen LogP contribution in [0.2, 0.25) is 0 Å². The molecule has 0 aliphatic heterocycles. The highest BCUT2D eigenvalue weighted by Crippen LogP contribution is 2.45. The van der Waals surface area contributed by atoms with Gasteiger partial charge in [-0.25, -0.2) is 0 Å². The van der Waals surface area contributed by atoms with Gasteiger partial charge in [-0.05, 0) is 48.2 Å². The zero-order valence-corrected chi connectivity index (χ0v) is 27.4. The second-order valence-electron chi connectivity index (χ2n) is 9.91. The highest BCUT2D eigenvalue weighted by Gasteiger charge is 2.25. The summed E-state index contributed by atoms with van der Waals surface area (Å²) < 4.78 is 112. The van der Waals surface area contributed by atoms with Crippen molar-refractivity contribution < 1.29 is 63.7 Å². The molecule has 0 heterocycles. The number of aryl methyl sites for hydroxylation is 1. The summed E-state index contributed by atoms with van der Waals surface area (Å²) in [5.41, 5.74) is 4.22. The van der Waals surface area contributed by atoms with Gasteiger partial charge in [-0.3, -0.25) is 13.7 Å². The Morgan fingerprint density at radius 2 is 1.14 bits per heavy atom. The van der Waals surface area contributed by atoms with E-state index in [0.29, 0.717) is 5.56 Å². The first-order valence-corrected chi connectivity index (χ1v) is 17.8. The summed E-state index contributed by atoms with van der Waals surface area (Å²) in [5.74, 6) is -1.28. The molecule has 49 heavy (non-hydrogen) atoms. The molecule has 19 nitrogen and oxygen atoms in total. The van der Waals surface area contributed by atoms with Crippen LogP contribution in [-0.2, 0) is 30.4 Å². The van der Waals surface area contributed by atoms with Gasteiger partial charge in [0, 0.05) is 17.5 Å². The number of hydrogen-bond donors (Lipinski definition) is 7. The van der Waals surface area contributed by atoms with E-state index in [2.05, 4.69) is 20.5 Å². The van der Waals surface area contributed by atoms with Crippen LogP contribution in [0.15, 0.2) is 83.7 Å². The van der Waals surface area contributed by atoms with Crippen molar-refractivity contribution in [3.8, 4) is 17.2 Å². The second kappa shape index (κ2) is 14.4. The van der Waals surface area contributed by atoms with Crippen molar-refractivity contribution >= 4 is 69.6 Å². The van der Waals surface area contributed by atoms with Gasteiger partial charge in [-0.1, -0.05) is 6.07 Å². The molecule has 0 radical (unpaired) electrons. The lowest BCUT2D eigenvalue weighted by Gasteiger charge is -2.13.